The van der Waals surface area contributed by atoms with Gasteiger partial charge < -0.3 is 15.4 Å². The molecule has 106 valence electrons. The highest BCUT2D eigenvalue weighted by Gasteiger charge is 2.04. The van der Waals surface area contributed by atoms with Crippen molar-refractivity contribution in [1.82, 2.24) is 10.6 Å². The van der Waals surface area contributed by atoms with Crippen molar-refractivity contribution in [1.29, 1.82) is 0 Å². The second-order valence-electron chi connectivity index (χ2n) is 3.90. The van der Waals surface area contributed by atoms with Gasteiger partial charge in [-0.3, -0.25) is 0 Å². The summed E-state index contributed by atoms with van der Waals surface area (Å²) < 4.78 is 31.4. The summed E-state index contributed by atoms with van der Waals surface area (Å²) in [4.78, 5) is 0. The smallest absolute Gasteiger partial charge is 0.166 e. The molecule has 1 aromatic rings. The minimum absolute atomic E-state index is 0.154. The predicted octanol–water partition coefficient (Wildman–Crippen LogP) is 2.36. The summed E-state index contributed by atoms with van der Waals surface area (Å²) in [5.41, 5.74) is 0.249. The Bertz CT molecular complexity index is 416. The number of ether oxygens (including phenoxy) is 1. The summed E-state index contributed by atoms with van der Waals surface area (Å²) in [6, 6.07) is 3.34. The zero-order chi connectivity index (χ0) is 14.1. The van der Waals surface area contributed by atoms with E-state index in [0.29, 0.717) is 24.9 Å². The maximum Gasteiger partial charge on any atom is 0.166 e. The van der Waals surface area contributed by atoms with Crippen LogP contribution in [0.4, 0.5) is 8.78 Å². The Morgan fingerprint density at radius 1 is 1.32 bits per heavy atom. The van der Waals surface area contributed by atoms with Crippen LogP contribution in [-0.4, -0.2) is 24.9 Å². The first-order valence-electron chi connectivity index (χ1n) is 6.17. The highest BCUT2D eigenvalue weighted by Crippen LogP contribution is 2.08. The first kappa shape index (κ1) is 15.8. The summed E-state index contributed by atoms with van der Waals surface area (Å²) in [5.74, 6) is -0.915. The van der Waals surface area contributed by atoms with Crippen molar-refractivity contribution >= 4 is 17.3 Å². The van der Waals surface area contributed by atoms with Gasteiger partial charge in [-0.25, -0.2) is 8.78 Å². The molecule has 0 unspecified atom stereocenters. The van der Waals surface area contributed by atoms with Crippen molar-refractivity contribution in [3.05, 3.63) is 35.4 Å². The molecule has 0 fully saturated rings. The maximum atomic E-state index is 13.3. The molecule has 0 aliphatic rings. The van der Waals surface area contributed by atoms with Gasteiger partial charge in [-0.2, -0.15) is 0 Å². The molecule has 0 aliphatic heterocycles. The van der Waals surface area contributed by atoms with Gasteiger partial charge in [0.05, 0.1) is 0 Å². The van der Waals surface area contributed by atoms with E-state index in [-0.39, 0.29) is 12.1 Å². The van der Waals surface area contributed by atoms with Crippen molar-refractivity contribution in [2.24, 2.45) is 0 Å². The van der Waals surface area contributed by atoms with Crippen LogP contribution in [0.15, 0.2) is 18.2 Å². The lowest BCUT2D eigenvalue weighted by atomic mass is 10.2. The molecule has 3 nitrogen and oxygen atoms in total. The molecule has 0 spiro atoms. The molecule has 0 heterocycles. The van der Waals surface area contributed by atoms with E-state index in [4.69, 9.17) is 17.0 Å². The molecule has 0 radical (unpaired) electrons. The average Bonchev–Trinajstić information content (AvgIpc) is 2.39. The number of thiocarbonyl (C=S) groups is 1. The lowest BCUT2D eigenvalue weighted by Gasteiger charge is -2.11. The van der Waals surface area contributed by atoms with E-state index in [2.05, 4.69) is 10.6 Å². The number of hydrogen-bond acceptors (Lipinski definition) is 2. The first-order chi connectivity index (χ1) is 9.13. The van der Waals surface area contributed by atoms with E-state index in [9.17, 15) is 8.78 Å². The molecule has 19 heavy (non-hydrogen) atoms. The quantitative estimate of drug-likeness (QED) is 0.596. The molecule has 0 saturated heterocycles. The summed E-state index contributed by atoms with van der Waals surface area (Å²) >= 11 is 5.03. The third kappa shape index (κ3) is 6.45. The molecule has 1 rings (SSSR count). The van der Waals surface area contributed by atoms with Crippen LogP contribution in [0.2, 0.25) is 0 Å². The van der Waals surface area contributed by atoms with Gasteiger partial charge in [0.2, 0.25) is 0 Å². The Morgan fingerprint density at radius 3 is 2.84 bits per heavy atom. The minimum atomic E-state index is -0.464. The minimum Gasteiger partial charge on any atom is -0.382 e. The Morgan fingerprint density at radius 2 is 2.11 bits per heavy atom. The third-order valence-corrected chi connectivity index (χ3v) is 2.69. The summed E-state index contributed by atoms with van der Waals surface area (Å²) in [6.07, 6.45) is 0.837. The lowest BCUT2D eigenvalue weighted by molar-refractivity contribution is 0.145. The molecule has 1 aromatic carbocycles. The predicted molar refractivity (Wildman–Crippen MR) is 74.9 cm³/mol. The maximum absolute atomic E-state index is 13.3. The van der Waals surface area contributed by atoms with Crippen molar-refractivity contribution < 1.29 is 13.5 Å². The number of rotatable bonds is 7. The summed E-state index contributed by atoms with van der Waals surface area (Å²) in [5, 5.41) is 6.22. The summed E-state index contributed by atoms with van der Waals surface area (Å²) in [6.45, 7) is 4.14. The molecular formula is C13H18F2N2OS. The van der Waals surface area contributed by atoms with E-state index in [1.54, 1.807) is 0 Å². The fourth-order valence-electron chi connectivity index (χ4n) is 1.44. The molecule has 0 saturated carbocycles. The Hall–Kier alpha value is -1.27. The number of hydrogen-bond donors (Lipinski definition) is 2. The second kappa shape index (κ2) is 8.77. The number of nitrogens with one attached hydrogen (secondary N) is 2. The summed E-state index contributed by atoms with van der Waals surface area (Å²) in [7, 11) is 0. The van der Waals surface area contributed by atoms with Gasteiger partial charge in [0.25, 0.3) is 0 Å². The molecule has 2 N–H and O–H groups in total. The van der Waals surface area contributed by atoms with Crippen LogP contribution >= 0.6 is 12.2 Å². The second-order valence-corrected chi connectivity index (χ2v) is 4.30. The van der Waals surface area contributed by atoms with E-state index < -0.39 is 11.6 Å². The van der Waals surface area contributed by atoms with Crippen LogP contribution < -0.4 is 10.6 Å². The fourth-order valence-corrected chi connectivity index (χ4v) is 1.61. The third-order valence-electron chi connectivity index (χ3n) is 2.40. The van der Waals surface area contributed by atoms with Crippen LogP contribution in [-0.2, 0) is 11.3 Å². The number of halogens is 2. The molecule has 0 aliphatic carbocycles. The largest absolute Gasteiger partial charge is 0.382 e. The van der Waals surface area contributed by atoms with Gasteiger partial charge >= 0.3 is 0 Å². The zero-order valence-electron chi connectivity index (χ0n) is 10.8. The van der Waals surface area contributed by atoms with Crippen LogP contribution in [0.25, 0.3) is 0 Å². The molecule has 0 amide bonds. The van der Waals surface area contributed by atoms with Crippen molar-refractivity contribution in [3.63, 3.8) is 0 Å². The molecule has 0 bridgehead atoms. The Kier molecular flexibility index (Phi) is 7.28. The monoisotopic (exact) mass is 288 g/mol. The van der Waals surface area contributed by atoms with E-state index >= 15 is 0 Å². The SMILES string of the molecule is CCOCCCNC(=S)NCc1cc(F)ccc1F. The van der Waals surface area contributed by atoms with Crippen molar-refractivity contribution in [2.75, 3.05) is 19.8 Å². The average molecular weight is 288 g/mol. The topological polar surface area (TPSA) is 33.3 Å². The van der Waals surface area contributed by atoms with Crippen molar-refractivity contribution in [2.45, 2.75) is 19.9 Å². The van der Waals surface area contributed by atoms with Gasteiger partial charge in [-0.1, -0.05) is 0 Å². The number of benzene rings is 1. The lowest BCUT2D eigenvalue weighted by Crippen LogP contribution is -2.35. The molecular weight excluding hydrogens is 270 g/mol. The van der Waals surface area contributed by atoms with Crippen LogP contribution in [0.5, 0.6) is 0 Å². The Balaban J connectivity index is 2.24. The van der Waals surface area contributed by atoms with Gasteiger partial charge in [-0.05, 0) is 43.8 Å². The van der Waals surface area contributed by atoms with E-state index in [1.807, 2.05) is 6.92 Å². The van der Waals surface area contributed by atoms with Gasteiger partial charge in [0.15, 0.2) is 5.11 Å². The molecule has 6 heteroatoms. The first-order valence-corrected chi connectivity index (χ1v) is 6.57. The normalized spacial score (nSPS) is 10.3. The van der Waals surface area contributed by atoms with E-state index in [0.717, 1.165) is 24.6 Å². The van der Waals surface area contributed by atoms with Crippen LogP contribution in [0.3, 0.4) is 0 Å². The highest BCUT2D eigenvalue weighted by atomic mass is 32.1. The fraction of sp³-hybridized carbons (Fsp3) is 0.462. The van der Waals surface area contributed by atoms with Gasteiger partial charge in [0.1, 0.15) is 11.6 Å². The highest BCUT2D eigenvalue weighted by molar-refractivity contribution is 7.80. The van der Waals surface area contributed by atoms with Crippen molar-refractivity contribution in [3.8, 4) is 0 Å². The standard InChI is InChI=1S/C13H18F2N2OS/c1-2-18-7-3-6-16-13(19)17-9-10-8-11(14)4-5-12(10)15/h4-5,8H,2-3,6-7,9H2,1H3,(H2,16,17,19). The molecule has 0 atom stereocenters. The zero-order valence-corrected chi connectivity index (χ0v) is 11.7. The molecule has 0 aromatic heterocycles. The van der Waals surface area contributed by atoms with Crippen LogP contribution in [0.1, 0.15) is 18.9 Å². The van der Waals surface area contributed by atoms with E-state index in [1.165, 1.54) is 0 Å². The van der Waals surface area contributed by atoms with Crippen LogP contribution in [0, 0.1) is 11.6 Å². The van der Waals surface area contributed by atoms with Gasteiger partial charge in [-0.15, -0.1) is 0 Å². The Labute approximate surface area is 117 Å². The van der Waals surface area contributed by atoms with Gasteiger partial charge in [0, 0.05) is 31.9 Å².